The summed E-state index contributed by atoms with van der Waals surface area (Å²) >= 11 is 0. The summed E-state index contributed by atoms with van der Waals surface area (Å²) in [5.74, 6) is -0.438. The lowest BCUT2D eigenvalue weighted by molar-refractivity contribution is -0.221. The van der Waals surface area contributed by atoms with Crippen LogP contribution < -0.4 is 5.32 Å². The third kappa shape index (κ3) is 3.98. The van der Waals surface area contributed by atoms with E-state index < -0.39 is 43.2 Å². The molecule has 0 spiro atoms. The van der Waals surface area contributed by atoms with Crippen LogP contribution in [0.4, 0.5) is 5.69 Å². The van der Waals surface area contributed by atoms with Crippen LogP contribution in [0.25, 0.3) is 0 Å². The van der Waals surface area contributed by atoms with Crippen molar-refractivity contribution in [3.63, 3.8) is 0 Å². The van der Waals surface area contributed by atoms with E-state index in [1.807, 2.05) is 0 Å². The number of carbonyl (C=O) groups excluding carboxylic acids is 1. The van der Waals surface area contributed by atoms with Gasteiger partial charge in [0.15, 0.2) is 6.23 Å². The molecule has 1 aliphatic rings. The summed E-state index contributed by atoms with van der Waals surface area (Å²) in [6.07, 6.45) is -6.22. The van der Waals surface area contributed by atoms with Crippen LogP contribution in [0.15, 0.2) is 24.3 Å². The topological polar surface area (TPSA) is 128 Å². The van der Waals surface area contributed by atoms with Gasteiger partial charge in [0.2, 0.25) is 0 Å². The number of esters is 1. The Morgan fingerprint density at radius 3 is 2.39 bits per heavy atom. The Hall–Kier alpha value is -1.71. The van der Waals surface area contributed by atoms with Crippen molar-refractivity contribution in [1.82, 2.24) is 0 Å². The van der Waals surface area contributed by atoms with Crippen molar-refractivity contribution in [1.29, 1.82) is 0 Å². The van der Waals surface area contributed by atoms with Gasteiger partial charge >= 0.3 is 5.97 Å². The first-order valence-corrected chi connectivity index (χ1v) is 7.32. The molecule has 2 rings (SSSR count). The number of anilines is 1. The number of carbonyl (C=O) groups is 1. The van der Waals surface area contributed by atoms with E-state index in [1.165, 1.54) is 0 Å². The molecule has 8 heteroatoms. The Bertz CT molecular complexity index is 519. The molecule has 1 fully saturated rings. The van der Waals surface area contributed by atoms with E-state index >= 15 is 0 Å². The molecule has 0 aliphatic carbocycles. The first-order valence-electron chi connectivity index (χ1n) is 7.32. The van der Waals surface area contributed by atoms with Crippen LogP contribution in [0.3, 0.4) is 0 Å². The van der Waals surface area contributed by atoms with Gasteiger partial charge in [-0.2, -0.15) is 0 Å². The van der Waals surface area contributed by atoms with Crippen LogP contribution in [0.2, 0.25) is 0 Å². The maximum atomic E-state index is 11.6. The van der Waals surface area contributed by atoms with Gasteiger partial charge in [0.1, 0.15) is 24.4 Å². The monoisotopic (exact) mass is 327 g/mol. The van der Waals surface area contributed by atoms with Crippen molar-refractivity contribution in [3.05, 3.63) is 29.8 Å². The average Bonchev–Trinajstić information content (AvgIpc) is 2.56. The first kappa shape index (κ1) is 17.6. The molecule has 0 radical (unpaired) electrons. The predicted molar refractivity (Wildman–Crippen MR) is 79.8 cm³/mol. The Morgan fingerprint density at radius 2 is 1.83 bits per heavy atom. The zero-order chi connectivity index (χ0) is 17.0. The number of ether oxygens (including phenoxy) is 2. The molecule has 0 saturated carbocycles. The van der Waals surface area contributed by atoms with Crippen molar-refractivity contribution in [2.45, 2.75) is 37.6 Å². The minimum absolute atomic E-state index is 0.281. The summed E-state index contributed by atoms with van der Waals surface area (Å²) < 4.78 is 10.2. The highest BCUT2D eigenvalue weighted by Gasteiger charge is 2.43. The summed E-state index contributed by atoms with van der Waals surface area (Å²) in [4.78, 5) is 11.6. The molecule has 1 saturated heterocycles. The predicted octanol–water partition coefficient (Wildman–Crippen LogP) is -0.925. The summed E-state index contributed by atoms with van der Waals surface area (Å²) in [6.45, 7) is 1.50. The molecule has 1 aromatic rings. The highest BCUT2D eigenvalue weighted by molar-refractivity contribution is 5.89. The fourth-order valence-corrected chi connectivity index (χ4v) is 2.30. The summed E-state index contributed by atoms with van der Waals surface area (Å²) in [7, 11) is 0. The molecule has 128 valence electrons. The molecular weight excluding hydrogens is 306 g/mol. The van der Waals surface area contributed by atoms with Crippen molar-refractivity contribution in [3.8, 4) is 0 Å². The van der Waals surface area contributed by atoms with Gasteiger partial charge in [-0.1, -0.05) is 0 Å². The van der Waals surface area contributed by atoms with E-state index in [-0.39, 0.29) is 6.61 Å². The second-order valence-electron chi connectivity index (χ2n) is 5.19. The van der Waals surface area contributed by atoms with Crippen LogP contribution in [0.1, 0.15) is 17.3 Å². The Kier molecular flexibility index (Phi) is 5.91. The highest BCUT2D eigenvalue weighted by Crippen LogP contribution is 2.23. The van der Waals surface area contributed by atoms with Gasteiger partial charge in [0, 0.05) is 5.69 Å². The second kappa shape index (κ2) is 7.71. The van der Waals surface area contributed by atoms with Crippen LogP contribution >= 0.6 is 0 Å². The van der Waals surface area contributed by atoms with E-state index in [9.17, 15) is 20.1 Å². The number of rotatable bonds is 5. The molecule has 1 aliphatic heterocycles. The minimum atomic E-state index is -1.45. The summed E-state index contributed by atoms with van der Waals surface area (Å²) in [5, 5.41) is 41.4. The van der Waals surface area contributed by atoms with Gasteiger partial charge in [-0.15, -0.1) is 0 Å². The number of aliphatic hydroxyl groups is 4. The zero-order valence-electron chi connectivity index (χ0n) is 12.6. The van der Waals surface area contributed by atoms with Gasteiger partial charge in [-0.05, 0) is 31.2 Å². The molecule has 5 atom stereocenters. The Balaban J connectivity index is 2.04. The Morgan fingerprint density at radius 1 is 1.17 bits per heavy atom. The second-order valence-corrected chi connectivity index (χ2v) is 5.19. The molecule has 23 heavy (non-hydrogen) atoms. The third-order valence-corrected chi connectivity index (χ3v) is 3.60. The largest absolute Gasteiger partial charge is 0.462 e. The van der Waals surface area contributed by atoms with Gasteiger partial charge in [-0.3, -0.25) is 0 Å². The van der Waals surface area contributed by atoms with Gasteiger partial charge < -0.3 is 35.2 Å². The maximum absolute atomic E-state index is 11.6. The Labute approximate surface area is 133 Å². The molecule has 0 bridgehead atoms. The fourth-order valence-electron chi connectivity index (χ4n) is 2.30. The average molecular weight is 327 g/mol. The van der Waals surface area contributed by atoms with E-state index in [2.05, 4.69) is 5.32 Å². The quantitative estimate of drug-likeness (QED) is 0.439. The smallest absolute Gasteiger partial charge is 0.338 e. The van der Waals surface area contributed by atoms with E-state index in [0.29, 0.717) is 11.3 Å². The lowest BCUT2D eigenvalue weighted by Crippen LogP contribution is -2.60. The number of aliphatic hydroxyl groups excluding tert-OH is 4. The van der Waals surface area contributed by atoms with Crippen LogP contribution in [-0.4, -0.2) is 70.3 Å². The molecule has 1 heterocycles. The van der Waals surface area contributed by atoms with Crippen LogP contribution in [0.5, 0.6) is 0 Å². The minimum Gasteiger partial charge on any atom is -0.462 e. The molecule has 0 unspecified atom stereocenters. The zero-order valence-corrected chi connectivity index (χ0v) is 12.6. The SMILES string of the molecule is CCOC(=O)c1ccc(N[C@@H]2O[C@H](CO)[C@@H](O)[C@H](O)[C@H]2O)cc1. The maximum Gasteiger partial charge on any atom is 0.338 e. The lowest BCUT2D eigenvalue weighted by atomic mass is 9.98. The normalized spacial score (nSPS) is 30.7. The number of hydrogen-bond donors (Lipinski definition) is 5. The number of benzene rings is 1. The van der Waals surface area contributed by atoms with Crippen molar-refractivity contribution < 1.29 is 34.7 Å². The van der Waals surface area contributed by atoms with E-state index in [1.54, 1.807) is 31.2 Å². The highest BCUT2D eigenvalue weighted by atomic mass is 16.6. The number of nitrogens with one attached hydrogen (secondary N) is 1. The van der Waals surface area contributed by atoms with E-state index in [4.69, 9.17) is 14.6 Å². The molecular formula is C15H21NO7. The summed E-state index contributed by atoms with van der Waals surface area (Å²) in [5.41, 5.74) is 0.911. The van der Waals surface area contributed by atoms with Gasteiger partial charge in [0.05, 0.1) is 18.8 Å². The van der Waals surface area contributed by atoms with Crippen molar-refractivity contribution >= 4 is 11.7 Å². The standard InChI is InChI=1S/C15H21NO7/c1-2-22-15(21)8-3-5-9(6-4-8)16-14-13(20)12(19)11(18)10(7-17)23-14/h3-6,10-14,16-20H,2,7H2,1H3/t10-,11-,12+,13-,14-/m1/s1. The fraction of sp³-hybridized carbons (Fsp3) is 0.533. The molecule has 8 nitrogen and oxygen atoms in total. The first-order chi connectivity index (χ1) is 11.0. The summed E-state index contributed by atoms with van der Waals surface area (Å²) in [6, 6.07) is 6.27. The third-order valence-electron chi connectivity index (χ3n) is 3.60. The van der Waals surface area contributed by atoms with Crippen molar-refractivity contribution in [2.75, 3.05) is 18.5 Å². The van der Waals surface area contributed by atoms with E-state index in [0.717, 1.165) is 0 Å². The van der Waals surface area contributed by atoms with Gasteiger partial charge in [-0.25, -0.2) is 4.79 Å². The van der Waals surface area contributed by atoms with Gasteiger partial charge in [0.25, 0.3) is 0 Å². The van der Waals surface area contributed by atoms with Crippen LogP contribution in [-0.2, 0) is 9.47 Å². The molecule has 0 aromatic heterocycles. The molecule has 1 aromatic carbocycles. The molecule has 5 N–H and O–H groups in total. The van der Waals surface area contributed by atoms with Crippen LogP contribution in [0, 0.1) is 0 Å². The lowest BCUT2D eigenvalue weighted by Gasteiger charge is -2.40. The molecule has 0 amide bonds. The number of hydrogen-bond acceptors (Lipinski definition) is 8. The van der Waals surface area contributed by atoms with Crippen molar-refractivity contribution in [2.24, 2.45) is 0 Å².